The van der Waals surface area contributed by atoms with Gasteiger partial charge in [0.05, 0.1) is 16.3 Å². The standard InChI is InChI=1S/C13H17ClN2O/c14-12-6-5-7-13(11(12)10-15)16-8-3-1-2-4-9-17/h5-7,16-17H,1-4,8-9H2. The minimum atomic E-state index is 0.264. The molecule has 2 N–H and O–H groups in total. The fourth-order valence-electron chi connectivity index (χ4n) is 1.60. The zero-order valence-corrected chi connectivity index (χ0v) is 10.5. The monoisotopic (exact) mass is 252 g/mol. The minimum absolute atomic E-state index is 0.264. The van der Waals surface area contributed by atoms with Crippen molar-refractivity contribution in [1.29, 1.82) is 5.26 Å². The molecule has 0 aromatic heterocycles. The third-order valence-electron chi connectivity index (χ3n) is 2.53. The number of benzene rings is 1. The maximum atomic E-state index is 8.97. The Hall–Kier alpha value is -1.24. The number of nitrogens with zero attached hydrogens (tertiary/aromatic N) is 1. The number of aliphatic hydroxyl groups is 1. The van der Waals surface area contributed by atoms with Gasteiger partial charge in [0.2, 0.25) is 0 Å². The van der Waals surface area contributed by atoms with Crippen molar-refractivity contribution in [1.82, 2.24) is 0 Å². The van der Waals surface area contributed by atoms with E-state index in [1.807, 2.05) is 12.1 Å². The highest BCUT2D eigenvalue weighted by Gasteiger charge is 2.04. The van der Waals surface area contributed by atoms with Crippen LogP contribution in [0.2, 0.25) is 5.02 Å². The van der Waals surface area contributed by atoms with E-state index in [4.69, 9.17) is 22.0 Å². The molecule has 3 nitrogen and oxygen atoms in total. The van der Waals surface area contributed by atoms with E-state index in [1.165, 1.54) is 0 Å². The molecule has 0 aliphatic heterocycles. The average molecular weight is 253 g/mol. The highest BCUT2D eigenvalue weighted by molar-refractivity contribution is 6.32. The molecule has 0 fully saturated rings. The molecule has 0 unspecified atom stereocenters. The van der Waals surface area contributed by atoms with E-state index in [0.29, 0.717) is 10.6 Å². The van der Waals surface area contributed by atoms with Gasteiger partial charge in [-0.15, -0.1) is 0 Å². The predicted octanol–water partition coefficient (Wildman–Crippen LogP) is 3.18. The molecule has 0 bridgehead atoms. The number of aliphatic hydroxyl groups excluding tert-OH is 1. The summed E-state index contributed by atoms with van der Waals surface area (Å²) in [6.45, 7) is 1.08. The topological polar surface area (TPSA) is 56.0 Å². The Morgan fingerprint density at radius 1 is 1.24 bits per heavy atom. The molecular weight excluding hydrogens is 236 g/mol. The lowest BCUT2D eigenvalue weighted by Crippen LogP contribution is -2.03. The lowest BCUT2D eigenvalue weighted by Gasteiger charge is -2.08. The van der Waals surface area contributed by atoms with Crippen LogP contribution >= 0.6 is 11.6 Å². The van der Waals surface area contributed by atoms with Crippen molar-refractivity contribution in [3.63, 3.8) is 0 Å². The maximum absolute atomic E-state index is 8.97. The first-order valence-corrected chi connectivity index (χ1v) is 6.20. The van der Waals surface area contributed by atoms with Gasteiger partial charge in [-0.2, -0.15) is 5.26 Å². The van der Waals surface area contributed by atoms with Crippen LogP contribution in [0.15, 0.2) is 18.2 Å². The van der Waals surface area contributed by atoms with Crippen molar-refractivity contribution in [2.45, 2.75) is 25.7 Å². The van der Waals surface area contributed by atoms with Gasteiger partial charge in [0.25, 0.3) is 0 Å². The number of unbranched alkanes of at least 4 members (excludes halogenated alkanes) is 3. The van der Waals surface area contributed by atoms with Gasteiger partial charge in [0, 0.05) is 13.2 Å². The summed E-state index contributed by atoms with van der Waals surface area (Å²) in [4.78, 5) is 0. The molecule has 1 aromatic rings. The normalized spacial score (nSPS) is 9.94. The minimum Gasteiger partial charge on any atom is -0.396 e. The van der Waals surface area contributed by atoms with Gasteiger partial charge in [0.1, 0.15) is 6.07 Å². The van der Waals surface area contributed by atoms with Crippen LogP contribution in [0.5, 0.6) is 0 Å². The second-order valence-corrected chi connectivity index (χ2v) is 4.25. The van der Waals surface area contributed by atoms with Crippen LogP contribution in [0.1, 0.15) is 31.2 Å². The van der Waals surface area contributed by atoms with Gasteiger partial charge in [-0.3, -0.25) is 0 Å². The maximum Gasteiger partial charge on any atom is 0.103 e. The second kappa shape index (κ2) is 7.94. The third kappa shape index (κ3) is 4.64. The summed E-state index contributed by atoms with van der Waals surface area (Å²) >= 11 is 5.92. The molecule has 17 heavy (non-hydrogen) atoms. The van der Waals surface area contributed by atoms with E-state index >= 15 is 0 Å². The SMILES string of the molecule is N#Cc1c(Cl)cccc1NCCCCCCO. The molecular formula is C13H17ClN2O. The van der Waals surface area contributed by atoms with Crippen LogP contribution in [-0.4, -0.2) is 18.3 Å². The molecule has 0 heterocycles. The van der Waals surface area contributed by atoms with Crippen LogP contribution in [0.3, 0.4) is 0 Å². The Kier molecular flexibility index (Phi) is 6.46. The molecule has 0 atom stereocenters. The molecule has 0 amide bonds. The van der Waals surface area contributed by atoms with Gasteiger partial charge >= 0.3 is 0 Å². The van der Waals surface area contributed by atoms with Gasteiger partial charge < -0.3 is 10.4 Å². The van der Waals surface area contributed by atoms with Crippen molar-refractivity contribution in [3.8, 4) is 6.07 Å². The first kappa shape index (κ1) is 13.8. The van der Waals surface area contributed by atoms with E-state index in [1.54, 1.807) is 6.07 Å². The van der Waals surface area contributed by atoms with E-state index in [9.17, 15) is 0 Å². The lowest BCUT2D eigenvalue weighted by atomic mass is 10.1. The highest BCUT2D eigenvalue weighted by Crippen LogP contribution is 2.23. The second-order valence-electron chi connectivity index (χ2n) is 3.84. The summed E-state index contributed by atoms with van der Waals surface area (Å²) in [6.07, 6.45) is 4.01. The number of nitrogens with one attached hydrogen (secondary N) is 1. The van der Waals surface area contributed by atoms with Crippen molar-refractivity contribution >= 4 is 17.3 Å². The number of nitriles is 1. The Morgan fingerprint density at radius 3 is 2.71 bits per heavy atom. The van der Waals surface area contributed by atoms with E-state index in [0.717, 1.165) is 37.9 Å². The zero-order valence-electron chi connectivity index (χ0n) is 9.75. The average Bonchev–Trinajstić information content (AvgIpc) is 2.34. The number of anilines is 1. The summed E-state index contributed by atoms with van der Waals surface area (Å²) in [6, 6.07) is 7.50. The molecule has 0 aliphatic carbocycles. The molecule has 1 aromatic carbocycles. The lowest BCUT2D eigenvalue weighted by molar-refractivity contribution is 0.283. The van der Waals surface area contributed by atoms with Gasteiger partial charge in [-0.05, 0) is 25.0 Å². The fourth-order valence-corrected chi connectivity index (χ4v) is 1.82. The molecule has 1 rings (SSSR count). The Bertz CT molecular complexity index is 387. The molecule has 92 valence electrons. The third-order valence-corrected chi connectivity index (χ3v) is 2.84. The number of rotatable bonds is 7. The molecule has 0 saturated carbocycles. The van der Waals surface area contributed by atoms with Gasteiger partial charge in [-0.25, -0.2) is 0 Å². The quantitative estimate of drug-likeness (QED) is 0.733. The van der Waals surface area contributed by atoms with Crippen LogP contribution in [0.25, 0.3) is 0 Å². The molecule has 0 spiro atoms. The first-order valence-electron chi connectivity index (χ1n) is 5.83. The largest absolute Gasteiger partial charge is 0.396 e. The van der Waals surface area contributed by atoms with Crippen molar-refractivity contribution in [2.24, 2.45) is 0 Å². The van der Waals surface area contributed by atoms with Crippen LogP contribution in [0, 0.1) is 11.3 Å². The van der Waals surface area contributed by atoms with Crippen LogP contribution < -0.4 is 5.32 Å². The van der Waals surface area contributed by atoms with E-state index in [-0.39, 0.29) is 6.61 Å². The Balaban J connectivity index is 2.37. The van der Waals surface area contributed by atoms with Crippen molar-refractivity contribution < 1.29 is 5.11 Å². The molecule has 0 saturated heterocycles. The van der Waals surface area contributed by atoms with Crippen LogP contribution in [0.4, 0.5) is 5.69 Å². The fraction of sp³-hybridized carbons (Fsp3) is 0.462. The van der Waals surface area contributed by atoms with Gasteiger partial charge in [0.15, 0.2) is 0 Å². The van der Waals surface area contributed by atoms with E-state index < -0.39 is 0 Å². The van der Waals surface area contributed by atoms with Gasteiger partial charge in [-0.1, -0.05) is 30.5 Å². The molecule has 0 radical (unpaired) electrons. The number of hydrogen-bond donors (Lipinski definition) is 2. The smallest absolute Gasteiger partial charge is 0.103 e. The molecule has 4 heteroatoms. The number of halogens is 1. The number of hydrogen-bond acceptors (Lipinski definition) is 3. The summed E-state index contributed by atoms with van der Waals surface area (Å²) in [5.74, 6) is 0. The predicted molar refractivity (Wildman–Crippen MR) is 70.2 cm³/mol. The van der Waals surface area contributed by atoms with Crippen molar-refractivity contribution in [3.05, 3.63) is 28.8 Å². The highest BCUT2D eigenvalue weighted by atomic mass is 35.5. The summed E-state index contributed by atoms with van der Waals surface area (Å²) in [5, 5.41) is 21.3. The first-order chi connectivity index (χ1) is 8.29. The van der Waals surface area contributed by atoms with E-state index in [2.05, 4.69) is 11.4 Å². The van der Waals surface area contributed by atoms with Crippen LogP contribution in [-0.2, 0) is 0 Å². The summed E-state index contributed by atoms with van der Waals surface area (Å²) < 4.78 is 0. The van der Waals surface area contributed by atoms with Crippen molar-refractivity contribution in [2.75, 3.05) is 18.5 Å². The summed E-state index contributed by atoms with van der Waals surface area (Å²) in [5.41, 5.74) is 1.30. The zero-order chi connectivity index (χ0) is 12.5. The Morgan fingerprint density at radius 2 is 2.00 bits per heavy atom. The molecule has 0 aliphatic rings. The Labute approximate surface area is 107 Å². The summed E-state index contributed by atoms with van der Waals surface area (Å²) in [7, 11) is 0.